The maximum atomic E-state index is 4.90. The van der Waals surface area contributed by atoms with Gasteiger partial charge in [-0.3, -0.25) is 0 Å². The van der Waals surface area contributed by atoms with Gasteiger partial charge >= 0.3 is 0 Å². The summed E-state index contributed by atoms with van der Waals surface area (Å²) in [5, 5.41) is 10.6. The predicted molar refractivity (Wildman–Crippen MR) is 51.8 cm³/mol. The Labute approximate surface area is 83.3 Å². The fourth-order valence-electron chi connectivity index (χ4n) is 1.67. The first-order valence-electron chi connectivity index (χ1n) is 4.93. The van der Waals surface area contributed by atoms with Gasteiger partial charge in [0.15, 0.2) is 5.82 Å². The molecule has 1 aliphatic rings. The molecule has 0 radical (unpaired) electrons. The highest BCUT2D eigenvalue weighted by Gasteiger charge is 2.27. The Kier molecular flexibility index (Phi) is 2.52. The van der Waals surface area contributed by atoms with Crippen LogP contribution in [0.2, 0.25) is 0 Å². The third-order valence-electron chi connectivity index (χ3n) is 2.61. The molecule has 2 rings (SSSR count). The minimum atomic E-state index is 0.175. The van der Waals surface area contributed by atoms with Gasteiger partial charge in [-0.25, -0.2) is 0 Å². The van der Waals surface area contributed by atoms with Crippen LogP contribution in [0.3, 0.4) is 0 Å². The second-order valence-electron chi connectivity index (χ2n) is 4.07. The monoisotopic (exact) mass is 196 g/mol. The van der Waals surface area contributed by atoms with Gasteiger partial charge < -0.3 is 15.2 Å². The molecule has 78 valence electrons. The van der Waals surface area contributed by atoms with Crippen molar-refractivity contribution in [2.24, 2.45) is 0 Å². The summed E-state index contributed by atoms with van der Waals surface area (Å²) in [6, 6.07) is 0. The average molecular weight is 196 g/mol. The summed E-state index contributed by atoms with van der Waals surface area (Å²) in [4.78, 5) is 4.14. The highest BCUT2D eigenvalue weighted by Crippen LogP contribution is 2.13. The van der Waals surface area contributed by atoms with Crippen molar-refractivity contribution < 1.29 is 4.52 Å². The number of nitrogens with one attached hydrogen (secondary N) is 2. The van der Waals surface area contributed by atoms with Crippen molar-refractivity contribution in [3.05, 3.63) is 11.7 Å². The number of hydrogen-bond donors (Lipinski definition) is 2. The Morgan fingerprint density at radius 2 is 2.50 bits per heavy atom. The summed E-state index contributed by atoms with van der Waals surface area (Å²) in [6.45, 7) is 6.77. The zero-order valence-electron chi connectivity index (χ0n) is 8.63. The molecule has 1 aliphatic heterocycles. The van der Waals surface area contributed by atoms with Crippen LogP contribution >= 0.6 is 0 Å². The largest absolute Gasteiger partial charge is 0.340 e. The van der Waals surface area contributed by atoms with Gasteiger partial charge in [0.2, 0.25) is 5.89 Å². The summed E-state index contributed by atoms with van der Waals surface area (Å²) in [5.41, 5.74) is 0.175. The molecule has 1 fully saturated rings. The summed E-state index contributed by atoms with van der Waals surface area (Å²) in [5.74, 6) is 1.35. The second kappa shape index (κ2) is 3.67. The Morgan fingerprint density at radius 3 is 3.07 bits per heavy atom. The quantitative estimate of drug-likeness (QED) is 0.724. The Morgan fingerprint density at radius 1 is 1.64 bits per heavy atom. The first kappa shape index (κ1) is 9.61. The first-order valence-corrected chi connectivity index (χ1v) is 4.93. The minimum absolute atomic E-state index is 0.175. The number of nitrogens with zero attached hydrogens (tertiary/aromatic N) is 2. The molecule has 1 atom stereocenters. The maximum Gasteiger partial charge on any atom is 0.223 e. The van der Waals surface area contributed by atoms with E-state index in [1.165, 1.54) is 0 Å². The molecule has 1 aromatic rings. The van der Waals surface area contributed by atoms with E-state index in [2.05, 4.69) is 27.7 Å². The summed E-state index contributed by atoms with van der Waals surface area (Å²) in [7, 11) is 0. The number of rotatable bonds is 3. The van der Waals surface area contributed by atoms with Crippen LogP contribution in [-0.4, -0.2) is 28.8 Å². The second-order valence-corrected chi connectivity index (χ2v) is 4.07. The van der Waals surface area contributed by atoms with E-state index in [1.807, 2.05) is 0 Å². The van der Waals surface area contributed by atoms with Crippen molar-refractivity contribution in [3.8, 4) is 0 Å². The van der Waals surface area contributed by atoms with Crippen LogP contribution in [-0.2, 0) is 6.54 Å². The Bertz CT molecular complexity index is 304. The van der Waals surface area contributed by atoms with Gasteiger partial charge in [0.1, 0.15) is 0 Å². The lowest BCUT2D eigenvalue weighted by atomic mass is 10.0. The van der Waals surface area contributed by atoms with E-state index in [0.29, 0.717) is 12.4 Å². The third kappa shape index (κ3) is 2.10. The van der Waals surface area contributed by atoms with E-state index < -0.39 is 0 Å². The van der Waals surface area contributed by atoms with E-state index in [0.717, 1.165) is 25.3 Å². The highest BCUT2D eigenvalue weighted by atomic mass is 16.5. The molecule has 0 spiro atoms. The molecule has 1 unspecified atom stereocenters. The van der Waals surface area contributed by atoms with E-state index >= 15 is 0 Å². The van der Waals surface area contributed by atoms with Crippen LogP contribution in [0, 0.1) is 6.92 Å². The van der Waals surface area contributed by atoms with Crippen LogP contribution in [0.15, 0.2) is 4.52 Å². The van der Waals surface area contributed by atoms with Crippen LogP contribution in [0.4, 0.5) is 0 Å². The van der Waals surface area contributed by atoms with E-state index in [-0.39, 0.29) is 5.54 Å². The van der Waals surface area contributed by atoms with Crippen molar-refractivity contribution >= 4 is 0 Å². The molecule has 1 aromatic heterocycles. The smallest absolute Gasteiger partial charge is 0.223 e. The first-order chi connectivity index (χ1) is 6.68. The molecule has 0 bridgehead atoms. The number of hydrogen-bond acceptors (Lipinski definition) is 5. The molecule has 0 aromatic carbocycles. The van der Waals surface area contributed by atoms with Crippen LogP contribution in [0.25, 0.3) is 0 Å². The van der Waals surface area contributed by atoms with Gasteiger partial charge in [-0.05, 0) is 19.9 Å². The van der Waals surface area contributed by atoms with Crippen LogP contribution < -0.4 is 10.6 Å². The van der Waals surface area contributed by atoms with Gasteiger partial charge in [0, 0.05) is 19.0 Å². The normalized spacial score (nSPS) is 27.0. The van der Waals surface area contributed by atoms with Crippen molar-refractivity contribution in [1.29, 1.82) is 0 Å². The third-order valence-corrected chi connectivity index (χ3v) is 2.61. The summed E-state index contributed by atoms with van der Waals surface area (Å²) >= 11 is 0. The van der Waals surface area contributed by atoms with Gasteiger partial charge in [0.05, 0.1) is 6.54 Å². The SMILES string of the molecule is Cc1nc(CNC2(C)CCNC2)no1. The van der Waals surface area contributed by atoms with Gasteiger partial charge in [-0.1, -0.05) is 5.16 Å². The zero-order chi connectivity index (χ0) is 10.0. The van der Waals surface area contributed by atoms with Crippen LogP contribution in [0.1, 0.15) is 25.1 Å². The lowest BCUT2D eigenvalue weighted by Crippen LogP contribution is -2.43. The van der Waals surface area contributed by atoms with Crippen molar-refractivity contribution in [1.82, 2.24) is 20.8 Å². The molecule has 2 N–H and O–H groups in total. The predicted octanol–water partition coefficient (Wildman–Crippen LogP) is 0.220. The molecule has 1 saturated heterocycles. The molecule has 2 heterocycles. The van der Waals surface area contributed by atoms with Gasteiger partial charge in [-0.15, -0.1) is 0 Å². The molecule has 5 nitrogen and oxygen atoms in total. The zero-order valence-corrected chi connectivity index (χ0v) is 8.63. The summed E-state index contributed by atoms with van der Waals surface area (Å²) in [6.07, 6.45) is 1.14. The molecule has 14 heavy (non-hydrogen) atoms. The Hall–Kier alpha value is -0.940. The molecule has 5 heteroatoms. The maximum absolute atomic E-state index is 4.90. The van der Waals surface area contributed by atoms with Crippen molar-refractivity contribution in [2.75, 3.05) is 13.1 Å². The van der Waals surface area contributed by atoms with E-state index in [1.54, 1.807) is 6.92 Å². The van der Waals surface area contributed by atoms with E-state index in [4.69, 9.17) is 4.52 Å². The standard InChI is InChI=1S/C9H16N4O/c1-7-12-8(13-14-7)5-11-9(2)3-4-10-6-9/h10-11H,3-6H2,1-2H3. The number of aromatic nitrogens is 2. The Balaban J connectivity index is 1.87. The van der Waals surface area contributed by atoms with Crippen molar-refractivity contribution in [2.45, 2.75) is 32.4 Å². The average Bonchev–Trinajstić information content (AvgIpc) is 2.73. The van der Waals surface area contributed by atoms with Crippen LogP contribution in [0.5, 0.6) is 0 Å². The molecule has 0 saturated carbocycles. The number of aryl methyl sites for hydroxylation is 1. The molecule has 0 aliphatic carbocycles. The van der Waals surface area contributed by atoms with Gasteiger partial charge in [0.25, 0.3) is 0 Å². The lowest BCUT2D eigenvalue weighted by molar-refractivity contribution is 0.361. The highest BCUT2D eigenvalue weighted by molar-refractivity contribution is 4.94. The molecular weight excluding hydrogens is 180 g/mol. The molecular formula is C9H16N4O. The molecule has 0 amide bonds. The fourth-order valence-corrected chi connectivity index (χ4v) is 1.67. The minimum Gasteiger partial charge on any atom is -0.340 e. The van der Waals surface area contributed by atoms with E-state index in [9.17, 15) is 0 Å². The van der Waals surface area contributed by atoms with Crippen molar-refractivity contribution in [3.63, 3.8) is 0 Å². The fraction of sp³-hybridized carbons (Fsp3) is 0.778. The summed E-state index contributed by atoms with van der Waals surface area (Å²) < 4.78 is 4.90. The lowest BCUT2D eigenvalue weighted by Gasteiger charge is -2.23. The topological polar surface area (TPSA) is 63.0 Å². The van der Waals surface area contributed by atoms with Gasteiger partial charge in [-0.2, -0.15) is 4.98 Å².